The summed E-state index contributed by atoms with van der Waals surface area (Å²) in [6.07, 6.45) is 1.65. The van der Waals surface area contributed by atoms with Crippen LogP contribution >= 0.6 is 11.6 Å². The highest BCUT2D eigenvalue weighted by molar-refractivity contribution is 7.89. The number of likely N-dealkylation sites (tertiary alicyclic amines) is 1. The van der Waals surface area contributed by atoms with Crippen molar-refractivity contribution in [3.63, 3.8) is 0 Å². The van der Waals surface area contributed by atoms with Gasteiger partial charge < -0.3 is 9.64 Å². The van der Waals surface area contributed by atoms with E-state index in [4.69, 9.17) is 16.3 Å². The Balaban J connectivity index is 1.65. The molecule has 0 unspecified atom stereocenters. The molecule has 1 heterocycles. The van der Waals surface area contributed by atoms with Crippen molar-refractivity contribution in [1.29, 1.82) is 0 Å². The number of amides is 1. The topological polar surface area (TPSA) is 66.9 Å². The largest absolute Gasteiger partial charge is 0.493 e. The van der Waals surface area contributed by atoms with Crippen LogP contribution in [0.15, 0.2) is 53.4 Å². The number of para-hydroxylation sites is 1. The summed E-state index contributed by atoms with van der Waals surface area (Å²) >= 11 is 6.27. The zero-order chi connectivity index (χ0) is 22.6. The number of nitrogens with zero attached hydrogens (tertiary/aromatic N) is 2. The van der Waals surface area contributed by atoms with Crippen LogP contribution in [0, 0.1) is 5.92 Å². The Bertz CT molecular complexity index is 1000. The van der Waals surface area contributed by atoms with Gasteiger partial charge in [-0.25, -0.2) is 8.42 Å². The van der Waals surface area contributed by atoms with Crippen LogP contribution in [0.3, 0.4) is 0 Å². The van der Waals surface area contributed by atoms with Gasteiger partial charge in [-0.2, -0.15) is 4.31 Å². The molecule has 0 spiro atoms. The predicted molar refractivity (Wildman–Crippen MR) is 122 cm³/mol. The summed E-state index contributed by atoms with van der Waals surface area (Å²) in [6, 6.07) is 13.8. The van der Waals surface area contributed by atoms with Crippen LogP contribution in [-0.2, 0) is 10.0 Å². The second-order valence-corrected chi connectivity index (χ2v) is 10.5. The van der Waals surface area contributed by atoms with Crippen molar-refractivity contribution < 1.29 is 17.9 Å². The first-order chi connectivity index (χ1) is 14.7. The second kappa shape index (κ2) is 10.0. The molecule has 0 N–H and O–H groups in total. The van der Waals surface area contributed by atoms with E-state index in [1.165, 1.54) is 29.6 Å². The van der Waals surface area contributed by atoms with Crippen molar-refractivity contribution in [1.82, 2.24) is 9.21 Å². The smallest absolute Gasteiger partial charge is 0.255 e. The Kier molecular flexibility index (Phi) is 7.62. The number of piperidine rings is 1. The number of sulfonamides is 1. The van der Waals surface area contributed by atoms with Crippen molar-refractivity contribution in [3.8, 4) is 5.75 Å². The van der Waals surface area contributed by atoms with E-state index in [1.54, 1.807) is 18.7 Å². The minimum absolute atomic E-state index is 0.0718. The van der Waals surface area contributed by atoms with Crippen LogP contribution in [0.2, 0.25) is 5.02 Å². The minimum Gasteiger partial charge on any atom is -0.493 e. The van der Waals surface area contributed by atoms with Gasteiger partial charge in [-0.3, -0.25) is 4.79 Å². The Morgan fingerprint density at radius 3 is 2.42 bits per heavy atom. The van der Waals surface area contributed by atoms with E-state index in [1.807, 2.05) is 30.3 Å². The van der Waals surface area contributed by atoms with E-state index < -0.39 is 10.0 Å². The summed E-state index contributed by atoms with van der Waals surface area (Å²) in [5.41, 5.74) is 0.221. The lowest BCUT2D eigenvalue weighted by Crippen LogP contribution is -2.40. The maximum Gasteiger partial charge on any atom is 0.255 e. The molecule has 1 fully saturated rings. The zero-order valence-electron chi connectivity index (χ0n) is 18.1. The highest BCUT2D eigenvalue weighted by Crippen LogP contribution is 2.27. The molecule has 0 saturated carbocycles. The van der Waals surface area contributed by atoms with Crippen molar-refractivity contribution in [2.75, 3.05) is 26.7 Å². The summed E-state index contributed by atoms with van der Waals surface area (Å²) in [4.78, 5) is 14.9. The van der Waals surface area contributed by atoms with Gasteiger partial charge in [-0.05, 0) is 62.9 Å². The Labute approximate surface area is 189 Å². The summed E-state index contributed by atoms with van der Waals surface area (Å²) < 4.78 is 32.7. The molecule has 8 heteroatoms. The third kappa shape index (κ3) is 5.59. The molecule has 2 aromatic carbocycles. The van der Waals surface area contributed by atoms with Crippen LogP contribution in [-0.4, -0.2) is 56.3 Å². The van der Waals surface area contributed by atoms with Crippen molar-refractivity contribution in [2.45, 2.75) is 37.6 Å². The second-order valence-electron chi connectivity index (χ2n) is 8.12. The first-order valence-electron chi connectivity index (χ1n) is 10.4. The number of rotatable bonds is 7. The molecule has 0 bridgehead atoms. The van der Waals surface area contributed by atoms with E-state index in [0.29, 0.717) is 25.6 Å². The molecule has 0 atom stereocenters. The van der Waals surface area contributed by atoms with E-state index in [0.717, 1.165) is 18.6 Å². The van der Waals surface area contributed by atoms with Crippen LogP contribution in [0.25, 0.3) is 0 Å². The molecule has 6 nitrogen and oxygen atoms in total. The average molecular weight is 465 g/mol. The van der Waals surface area contributed by atoms with Gasteiger partial charge in [0, 0.05) is 26.2 Å². The number of benzene rings is 2. The molecular weight excluding hydrogens is 436 g/mol. The van der Waals surface area contributed by atoms with Gasteiger partial charge in [0.2, 0.25) is 10.0 Å². The minimum atomic E-state index is -3.70. The lowest BCUT2D eigenvalue weighted by molar-refractivity contribution is 0.0661. The summed E-state index contributed by atoms with van der Waals surface area (Å²) in [5, 5.41) is 0.255. The Hall–Kier alpha value is -2.09. The van der Waals surface area contributed by atoms with Crippen molar-refractivity contribution in [3.05, 3.63) is 59.1 Å². The van der Waals surface area contributed by atoms with Gasteiger partial charge >= 0.3 is 0 Å². The molecule has 168 valence electrons. The molecular formula is C23H29ClN2O4S. The molecule has 1 amide bonds. The predicted octanol–water partition coefficient (Wildman–Crippen LogP) is 4.30. The van der Waals surface area contributed by atoms with Crippen molar-refractivity contribution in [2.24, 2.45) is 5.92 Å². The van der Waals surface area contributed by atoms with Gasteiger partial charge in [-0.15, -0.1) is 0 Å². The maximum absolute atomic E-state index is 13.1. The molecule has 1 aliphatic heterocycles. The third-order valence-electron chi connectivity index (χ3n) is 5.70. The van der Waals surface area contributed by atoms with Crippen LogP contribution in [0.4, 0.5) is 0 Å². The summed E-state index contributed by atoms with van der Waals surface area (Å²) in [6.45, 7) is 5.38. The Morgan fingerprint density at radius 1 is 1.16 bits per heavy atom. The Morgan fingerprint density at radius 2 is 1.81 bits per heavy atom. The monoisotopic (exact) mass is 464 g/mol. The first kappa shape index (κ1) is 23.6. The normalized spacial score (nSPS) is 15.5. The number of ether oxygens (including phenoxy) is 1. The standard InChI is InChI=1S/C23H29ClN2O4S/c1-17(2)25(3)31(28,29)20-9-10-22(24)21(15-20)23(27)26-13-11-18(12-14-26)16-30-19-7-5-4-6-8-19/h4-10,15,17-18H,11-14,16H2,1-3H3. The SMILES string of the molecule is CC(C)N(C)S(=O)(=O)c1ccc(Cl)c(C(=O)N2CCC(COc3ccccc3)CC2)c1. The molecule has 1 saturated heterocycles. The van der Waals surface area contributed by atoms with Crippen LogP contribution < -0.4 is 4.74 Å². The highest BCUT2D eigenvalue weighted by atomic mass is 35.5. The molecule has 2 aromatic rings. The van der Waals surface area contributed by atoms with E-state index >= 15 is 0 Å². The zero-order valence-corrected chi connectivity index (χ0v) is 19.7. The molecule has 3 rings (SSSR count). The van der Waals surface area contributed by atoms with Crippen molar-refractivity contribution >= 4 is 27.5 Å². The highest BCUT2D eigenvalue weighted by Gasteiger charge is 2.28. The molecule has 31 heavy (non-hydrogen) atoms. The van der Waals surface area contributed by atoms with E-state index in [9.17, 15) is 13.2 Å². The first-order valence-corrected chi connectivity index (χ1v) is 12.3. The van der Waals surface area contributed by atoms with Gasteiger partial charge in [-0.1, -0.05) is 29.8 Å². The van der Waals surface area contributed by atoms with Crippen LogP contribution in [0.5, 0.6) is 5.75 Å². The number of carbonyl (C=O) groups is 1. The fraction of sp³-hybridized carbons (Fsp3) is 0.435. The van der Waals surface area contributed by atoms with Gasteiger partial charge in [0.05, 0.1) is 22.1 Å². The average Bonchev–Trinajstić information content (AvgIpc) is 2.77. The number of carbonyl (C=O) groups excluding carboxylic acids is 1. The lowest BCUT2D eigenvalue weighted by Gasteiger charge is -2.32. The van der Waals surface area contributed by atoms with Crippen LogP contribution in [0.1, 0.15) is 37.0 Å². The number of hydrogen-bond donors (Lipinski definition) is 0. The quantitative estimate of drug-likeness (QED) is 0.612. The molecule has 0 aromatic heterocycles. The number of halogens is 1. The fourth-order valence-electron chi connectivity index (χ4n) is 3.48. The summed E-state index contributed by atoms with van der Waals surface area (Å²) in [5.74, 6) is 0.972. The molecule has 0 radical (unpaired) electrons. The maximum atomic E-state index is 13.1. The lowest BCUT2D eigenvalue weighted by atomic mass is 9.97. The van der Waals surface area contributed by atoms with Gasteiger partial charge in [0.15, 0.2) is 0 Å². The van der Waals surface area contributed by atoms with E-state index in [2.05, 4.69) is 0 Å². The third-order valence-corrected chi connectivity index (χ3v) is 8.06. The van der Waals surface area contributed by atoms with E-state index in [-0.39, 0.29) is 27.4 Å². The summed E-state index contributed by atoms with van der Waals surface area (Å²) in [7, 11) is -2.17. The fourth-order valence-corrected chi connectivity index (χ4v) is 5.07. The van der Waals surface area contributed by atoms with Gasteiger partial charge in [0.1, 0.15) is 5.75 Å². The number of hydrogen-bond acceptors (Lipinski definition) is 4. The molecule has 0 aliphatic carbocycles. The molecule has 1 aliphatic rings. The van der Waals surface area contributed by atoms with Gasteiger partial charge in [0.25, 0.3) is 5.91 Å².